The lowest BCUT2D eigenvalue weighted by molar-refractivity contribution is 0.332. The van der Waals surface area contributed by atoms with Gasteiger partial charge in [0.1, 0.15) is 5.82 Å². The predicted octanol–water partition coefficient (Wildman–Crippen LogP) is 3.21. The largest absolute Gasteiger partial charge is 0.309 e. The molecule has 1 saturated carbocycles. The van der Waals surface area contributed by atoms with Gasteiger partial charge in [0.25, 0.3) is 0 Å². The normalized spacial score (nSPS) is 25.0. The molecule has 2 nitrogen and oxygen atoms in total. The van der Waals surface area contributed by atoms with Crippen LogP contribution < -0.4 is 5.32 Å². The van der Waals surface area contributed by atoms with Crippen LogP contribution in [-0.2, 0) is 0 Å². The van der Waals surface area contributed by atoms with Crippen molar-refractivity contribution in [1.29, 1.82) is 0 Å². The molecule has 1 saturated heterocycles. The lowest BCUT2D eigenvalue weighted by Gasteiger charge is -2.21. The minimum absolute atomic E-state index is 0.141. The van der Waals surface area contributed by atoms with Gasteiger partial charge in [-0.05, 0) is 68.4 Å². The maximum atomic E-state index is 13.1. The average molecular weight is 276 g/mol. The highest BCUT2D eigenvalue weighted by atomic mass is 19.1. The van der Waals surface area contributed by atoms with Gasteiger partial charge >= 0.3 is 0 Å². The minimum atomic E-state index is -0.141. The number of hydrogen-bond donors (Lipinski definition) is 1. The molecule has 2 unspecified atom stereocenters. The molecule has 110 valence electrons. The maximum absolute atomic E-state index is 13.1. The Balaban J connectivity index is 1.57. The van der Waals surface area contributed by atoms with Crippen LogP contribution in [0.25, 0.3) is 0 Å². The molecule has 0 bridgehead atoms. The van der Waals surface area contributed by atoms with E-state index in [1.807, 2.05) is 12.1 Å². The van der Waals surface area contributed by atoms with E-state index in [0.29, 0.717) is 6.04 Å². The topological polar surface area (TPSA) is 15.3 Å². The molecule has 2 atom stereocenters. The molecule has 20 heavy (non-hydrogen) atoms. The highest BCUT2D eigenvalue weighted by Gasteiger charge is 2.33. The maximum Gasteiger partial charge on any atom is 0.123 e. The second-order valence-corrected chi connectivity index (χ2v) is 6.32. The molecule has 2 aliphatic rings. The summed E-state index contributed by atoms with van der Waals surface area (Å²) in [7, 11) is 0. The molecule has 3 heteroatoms. The van der Waals surface area contributed by atoms with Gasteiger partial charge in [-0.25, -0.2) is 4.39 Å². The van der Waals surface area contributed by atoms with E-state index in [9.17, 15) is 4.39 Å². The SMILES string of the molecule is CCN1CCC(CNC(c2ccc(F)cc2)C2CC2)C1. The second-order valence-electron chi connectivity index (χ2n) is 6.32. The molecule has 0 radical (unpaired) electrons. The third-order valence-electron chi connectivity index (χ3n) is 4.77. The zero-order chi connectivity index (χ0) is 13.9. The second kappa shape index (κ2) is 6.23. The Morgan fingerprint density at radius 3 is 2.60 bits per heavy atom. The average Bonchev–Trinajstić information content (AvgIpc) is 3.19. The first-order valence-corrected chi connectivity index (χ1v) is 7.97. The third kappa shape index (κ3) is 3.39. The fourth-order valence-electron chi connectivity index (χ4n) is 3.32. The molecule has 0 spiro atoms. The van der Waals surface area contributed by atoms with Crippen LogP contribution >= 0.6 is 0 Å². The highest BCUT2D eigenvalue weighted by molar-refractivity contribution is 5.22. The van der Waals surface area contributed by atoms with Gasteiger partial charge in [-0.3, -0.25) is 0 Å². The molecule has 0 aromatic heterocycles. The van der Waals surface area contributed by atoms with Gasteiger partial charge in [0.05, 0.1) is 0 Å². The molecule has 1 N–H and O–H groups in total. The summed E-state index contributed by atoms with van der Waals surface area (Å²) in [5, 5.41) is 3.75. The summed E-state index contributed by atoms with van der Waals surface area (Å²) >= 11 is 0. The molecular weight excluding hydrogens is 251 g/mol. The molecule has 1 aromatic rings. The van der Waals surface area contributed by atoms with E-state index in [4.69, 9.17) is 0 Å². The van der Waals surface area contributed by atoms with E-state index >= 15 is 0 Å². The van der Waals surface area contributed by atoms with Crippen LogP contribution in [0.4, 0.5) is 4.39 Å². The Bertz CT molecular complexity index is 427. The van der Waals surface area contributed by atoms with E-state index in [1.54, 1.807) is 12.1 Å². The third-order valence-corrected chi connectivity index (χ3v) is 4.77. The predicted molar refractivity (Wildman–Crippen MR) is 80.1 cm³/mol. The van der Waals surface area contributed by atoms with E-state index in [-0.39, 0.29) is 5.82 Å². The minimum Gasteiger partial charge on any atom is -0.309 e. The number of nitrogens with one attached hydrogen (secondary N) is 1. The number of likely N-dealkylation sites (tertiary alicyclic amines) is 1. The van der Waals surface area contributed by atoms with Crippen LogP contribution in [0.1, 0.15) is 37.8 Å². The van der Waals surface area contributed by atoms with Gasteiger partial charge in [-0.15, -0.1) is 0 Å². The summed E-state index contributed by atoms with van der Waals surface area (Å²) in [5.41, 5.74) is 1.25. The van der Waals surface area contributed by atoms with Crippen molar-refractivity contribution in [3.05, 3.63) is 35.6 Å². The molecule has 0 amide bonds. The quantitative estimate of drug-likeness (QED) is 0.858. The van der Waals surface area contributed by atoms with Gasteiger partial charge in [-0.1, -0.05) is 19.1 Å². The Morgan fingerprint density at radius 1 is 1.25 bits per heavy atom. The number of halogens is 1. The molecule has 1 aliphatic heterocycles. The van der Waals surface area contributed by atoms with Gasteiger partial charge < -0.3 is 10.2 Å². The Hall–Kier alpha value is -0.930. The van der Waals surface area contributed by atoms with Crippen LogP contribution in [-0.4, -0.2) is 31.1 Å². The summed E-state index contributed by atoms with van der Waals surface area (Å²) in [6.45, 7) is 6.97. The van der Waals surface area contributed by atoms with Crippen molar-refractivity contribution in [2.75, 3.05) is 26.2 Å². The molecule has 1 heterocycles. The van der Waals surface area contributed by atoms with Crippen molar-refractivity contribution in [1.82, 2.24) is 10.2 Å². The number of nitrogens with zero attached hydrogens (tertiary/aromatic N) is 1. The van der Waals surface area contributed by atoms with Crippen molar-refractivity contribution in [2.24, 2.45) is 11.8 Å². The van der Waals surface area contributed by atoms with Crippen molar-refractivity contribution >= 4 is 0 Å². The number of rotatable bonds is 6. The highest BCUT2D eigenvalue weighted by Crippen LogP contribution is 2.41. The first-order chi connectivity index (χ1) is 9.76. The Morgan fingerprint density at radius 2 is 2.00 bits per heavy atom. The molecule has 3 rings (SSSR count). The Kier molecular flexibility index (Phi) is 4.37. The first kappa shape index (κ1) is 14.0. The number of hydrogen-bond acceptors (Lipinski definition) is 2. The van der Waals surface area contributed by atoms with Gasteiger partial charge in [0, 0.05) is 12.6 Å². The van der Waals surface area contributed by atoms with Gasteiger partial charge in [0.2, 0.25) is 0 Å². The zero-order valence-corrected chi connectivity index (χ0v) is 12.3. The zero-order valence-electron chi connectivity index (χ0n) is 12.3. The van der Waals surface area contributed by atoms with E-state index in [1.165, 1.54) is 44.5 Å². The summed E-state index contributed by atoms with van der Waals surface area (Å²) in [5.74, 6) is 1.39. The van der Waals surface area contributed by atoms with E-state index < -0.39 is 0 Å². The van der Waals surface area contributed by atoms with Crippen LogP contribution in [0.2, 0.25) is 0 Å². The van der Waals surface area contributed by atoms with Crippen LogP contribution in [0.5, 0.6) is 0 Å². The first-order valence-electron chi connectivity index (χ1n) is 7.97. The Labute approximate surface area is 121 Å². The van der Waals surface area contributed by atoms with Crippen molar-refractivity contribution in [3.8, 4) is 0 Å². The van der Waals surface area contributed by atoms with Crippen molar-refractivity contribution in [3.63, 3.8) is 0 Å². The summed E-state index contributed by atoms with van der Waals surface area (Å²) in [4.78, 5) is 2.52. The lowest BCUT2D eigenvalue weighted by atomic mass is 10.0. The van der Waals surface area contributed by atoms with Crippen LogP contribution in [0, 0.1) is 17.7 Å². The van der Waals surface area contributed by atoms with Gasteiger partial charge in [0.15, 0.2) is 0 Å². The lowest BCUT2D eigenvalue weighted by Crippen LogP contribution is -2.30. The van der Waals surface area contributed by atoms with E-state index in [0.717, 1.165) is 18.4 Å². The number of benzene rings is 1. The van der Waals surface area contributed by atoms with Crippen LogP contribution in [0.3, 0.4) is 0 Å². The summed E-state index contributed by atoms with van der Waals surface area (Å²) < 4.78 is 13.1. The van der Waals surface area contributed by atoms with Crippen molar-refractivity contribution < 1.29 is 4.39 Å². The van der Waals surface area contributed by atoms with Gasteiger partial charge in [-0.2, -0.15) is 0 Å². The van der Waals surface area contributed by atoms with E-state index in [2.05, 4.69) is 17.1 Å². The van der Waals surface area contributed by atoms with Crippen LogP contribution in [0.15, 0.2) is 24.3 Å². The summed E-state index contributed by atoms with van der Waals surface area (Å²) in [6, 6.07) is 7.48. The standard InChI is InChI=1S/C17H25FN2/c1-2-20-10-9-13(12-20)11-19-17(14-3-4-14)15-5-7-16(18)8-6-15/h5-8,13-14,17,19H,2-4,9-12H2,1H3. The molecule has 1 aromatic carbocycles. The fourth-order valence-corrected chi connectivity index (χ4v) is 3.32. The van der Waals surface area contributed by atoms with Crippen molar-refractivity contribution in [2.45, 2.75) is 32.2 Å². The molecule has 2 fully saturated rings. The smallest absolute Gasteiger partial charge is 0.123 e. The molecular formula is C17H25FN2. The fraction of sp³-hybridized carbons (Fsp3) is 0.647. The molecule has 1 aliphatic carbocycles. The monoisotopic (exact) mass is 276 g/mol. The summed E-state index contributed by atoms with van der Waals surface area (Å²) in [6.07, 6.45) is 3.92.